The Kier molecular flexibility index (Phi) is 4.53. The number of sulfonamides is 1. The summed E-state index contributed by atoms with van der Waals surface area (Å²) in [5.74, 6) is 1.17. The van der Waals surface area contributed by atoms with Crippen molar-refractivity contribution in [3.63, 3.8) is 0 Å². The molecule has 0 unspecified atom stereocenters. The van der Waals surface area contributed by atoms with Gasteiger partial charge in [-0.05, 0) is 52.9 Å². The molecular weight excluding hydrogens is 330 g/mol. The molecule has 1 aromatic carbocycles. The van der Waals surface area contributed by atoms with Crippen molar-refractivity contribution in [3.8, 4) is 5.75 Å². The third kappa shape index (κ3) is 3.30. The summed E-state index contributed by atoms with van der Waals surface area (Å²) in [7, 11) is -1.85. The van der Waals surface area contributed by atoms with Gasteiger partial charge in [-0.1, -0.05) is 6.92 Å². The number of halogens is 1. The zero-order valence-electron chi connectivity index (χ0n) is 11.1. The number of rotatable bonds is 6. The van der Waals surface area contributed by atoms with E-state index in [4.69, 9.17) is 4.74 Å². The molecule has 1 aromatic rings. The van der Waals surface area contributed by atoms with E-state index in [1.807, 2.05) is 6.92 Å². The van der Waals surface area contributed by atoms with Gasteiger partial charge in [0.05, 0.1) is 16.5 Å². The zero-order chi connectivity index (χ0) is 14.0. The molecule has 106 valence electrons. The first-order valence-electron chi connectivity index (χ1n) is 6.32. The summed E-state index contributed by atoms with van der Waals surface area (Å²) < 4.78 is 32.4. The van der Waals surface area contributed by atoms with Gasteiger partial charge in [0.2, 0.25) is 10.0 Å². The zero-order valence-corrected chi connectivity index (χ0v) is 13.5. The third-order valence-electron chi connectivity index (χ3n) is 3.27. The smallest absolute Gasteiger partial charge is 0.243 e. The molecule has 6 heteroatoms. The fourth-order valence-electron chi connectivity index (χ4n) is 1.94. The molecule has 19 heavy (non-hydrogen) atoms. The molecule has 0 aromatic heterocycles. The number of hydrogen-bond acceptors (Lipinski definition) is 3. The van der Waals surface area contributed by atoms with Gasteiger partial charge in [-0.2, -0.15) is 4.31 Å². The number of benzene rings is 1. The van der Waals surface area contributed by atoms with Crippen LogP contribution in [0.5, 0.6) is 5.75 Å². The van der Waals surface area contributed by atoms with Gasteiger partial charge in [0.15, 0.2) is 0 Å². The summed E-state index contributed by atoms with van der Waals surface area (Å²) in [6.45, 7) is 3.00. The predicted octanol–water partition coefficient (Wildman–Crippen LogP) is 2.88. The lowest BCUT2D eigenvalue weighted by atomic mass is 10.3. The summed E-state index contributed by atoms with van der Waals surface area (Å²) in [6, 6.07) is 4.86. The van der Waals surface area contributed by atoms with Crippen LogP contribution in [0.3, 0.4) is 0 Å². The van der Waals surface area contributed by atoms with Crippen molar-refractivity contribution in [1.29, 1.82) is 0 Å². The standard InChI is InChI=1S/C13H18BrNO3S/c1-3-15(9-10-4-5-10)19(16,17)11-6-7-13(18-2)12(14)8-11/h6-8,10H,3-5,9H2,1-2H3. The maximum absolute atomic E-state index is 12.5. The SMILES string of the molecule is CCN(CC1CC1)S(=O)(=O)c1ccc(OC)c(Br)c1. The van der Waals surface area contributed by atoms with Crippen molar-refractivity contribution in [2.45, 2.75) is 24.7 Å². The van der Waals surface area contributed by atoms with Gasteiger partial charge in [-0.25, -0.2) is 8.42 Å². The normalized spacial score (nSPS) is 15.8. The van der Waals surface area contributed by atoms with Crippen LogP contribution in [0.15, 0.2) is 27.6 Å². The lowest BCUT2D eigenvalue weighted by Crippen LogP contribution is -2.32. The highest BCUT2D eigenvalue weighted by Crippen LogP contribution is 2.33. The lowest BCUT2D eigenvalue weighted by molar-refractivity contribution is 0.408. The van der Waals surface area contributed by atoms with Gasteiger partial charge in [0, 0.05) is 13.1 Å². The minimum absolute atomic E-state index is 0.308. The van der Waals surface area contributed by atoms with Gasteiger partial charge in [0.25, 0.3) is 0 Å². The van der Waals surface area contributed by atoms with Crippen molar-refractivity contribution in [2.75, 3.05) is 20.2 Å². The Morgan fingerprint density at radius 3 is 2.58 bits per heavy atom. The second-order valence-corrected chi connectivity index (χ2v) is 7.49. The van der Waals surface area contributed by atoms with Gasteiger partial charge >= 0.3 is 0 Å². The summed E-state index contributed by atoms with van der Waals surface area (Å²) in [4.78, 5) is 0.308. The van der Waals surface area contributed by atoms with Crippen molar-refractivity contribution in [3.05, 3.63) is 22.7 Å². The Morgan fingerprint density at radius 1 is 1.42 bits per heavy atom. The molecule has 1 fully saturated rings. The van der Waals surface area contributed by atoms with Crippen LogP contribution in [-0.2, 0) is 10.0 Å². The molecule has 1 aliphatic rings. The van der Waals surface area contributed by atoms with E-state index in [1.165, 1.54) is 0 Å². The van der Waals surface area contributed by atoms with Crippen molar-refractivity contribution < 1.29 is 13.2 Å². The van der Waals surface area contributed by atoms with Gasteiger partial charge in [0.1, 0.15) is 5.75 Å². The van der Waals surface area contributed by atoms with Crippen molar-refractivity contribution >= 4 is 26.0 Å². The van der Waals surface area contributed by atoms with E-state index in [-0.39, 0.29) is 0 Å². The van der Waals surface area contributed by atoms with Gasteiger partial charge in [-0.15, -0.1) is 0 Å². The number of methoxy groups -OCH3 is 1. The molecule has 0 N–H and O–H groups in total. The van der Waals surface area contributed by atoms with Crippen LogP contribution in [0.2, 0.25) is 0 Å². The van der Waals surface area contributed by atoms with Gasteiger partial charge < -0.3 is 4.74 Å². The number of ether oxygens (including phenoxy) is 1. The minimum atomic E-state index is -3.41. The fraction of sp³-hybridized carbons (Fsp3) is 0.538. The Balaban J connectivity index is 2.28. The highest BCUT2D eigenvalue weighted by atomic mass is 79.9. The van der Waals surface area contributed by atoms with E-state index in [2.05, 4.69) is 15.9 Å². The molecule has 0 atom stereocenters. The van der Waals surface area contributed by atoms with Gasteiger partial charge in [-0.3, -0.25) is 0 Å². The summed E-state index contributed by atoms with van der Waals surface area (Å²) in [6.07, 6.45) is 2.27. The second-order valence-electron chi connectivity index (χ2n) is 4.70. The molecular formula is C13H18BrNO3S. The quantitative estimate of drug-likeness (QED) is 0.794. The lowest BCUT2D eigenvalue weighted by Gasteiger charge is -2.20. The van der Waals surface area contributed by atoms with E-state index in [0.29, 0.717) is 34.1 Å². The molecule has 2 rings (SSSR count). The topological polar surface area (TPSA) is 46.6 Å². The maximum atomic E-state index is 12.5. The fourth-order valence-corrected chi connectivity index (χ4v) is 4.19. The number of hydrogen-bond donors (Lipinski definition) is 0. The Bertz CT molecular complexity index is 555. The molecule has 4 nitrogen and oxygen atoms in total. The maximum Gasteiger partial charge on any atom is 0.243 e. The van der Waals surface area contributed by atoms with E-state index in [9.17, 15) is 8.42 Å². The first-order chi connectivity index (χ1) is 8.98. The monoisotopic (exact) mass is 347 g/mol. The molecule has 0 bridgehead atoms. The Morgan fingerprint density at radius 2 is 2.11 bits per heavy atom. The molecule has 0 heterocycles. The van der Waals surface area contributed by atoms with E-state index < -0.39 is 10.0 Å². The van der Waals surface area contributed by atoms with Crippen molar-refractivity contribution in [1.82, 2.24) is 4.31 Å². The van der Waals surface area contributed by atoms with Crippen LogP contribution < -0.4 is 4.74 Å². The van der Waals surface area contributed by atoms with Crippen LogP contribution >= 0.6 is 15.9 Å². The Labute approximate surface area is 122 Å². The first kappa shape index (κ1) is 14.8. The van der Waals surface area contributed by atoms with E-state index in [1.54, 1.807) is 29.6 Å². The summed E-state index contributed by atoms with van der Waals surface area (Å²) >= 11 is 3.33. The molecule has 0 saturated heterocycles. The van der Waals surface area contributed by atoms with Crippen molar-refractivity contribution in [2.24, 2.45) is 5.92 Å². The first-order valence-corrected chi connectivity index (χ1v) is 8.56. The average molecular weight is 348 g/mol. The van der Waals surface area contributed by atoms with Crippen LogP contribution in [0.25, 0.3) is 0 Å². The van der Waals surface area contributed by atoms with Crippen LogP contribution in [0, 0.1) is 5.92 Å². The minimum Gasteiger partial charge on any atom is -0.496 e. The molecule has 1 aliphatic carbocycles. The third-order valence-corrected chi connectivity index (χ3v) is 5.83. The predicted molar refractivity (Wildman–Crippen MR) is 77.9 cm³/mol. The second kappa shape index (κ2) is 5.81. The Hall–Kier alpha value is -0.590. The highest BCUT2D eigenvalue weighted by molar-refractivity contribution is 9.10. The van der Waals surface area contributed by atoms with Crippen LogP contribution in [0.4, 0.5) is 0 Å². The molecule has 1 saturated carbocycles. The molecule has 0 amide bonds. The average Bonchev–Trinajstić information content (AvgIpc) is 3.19. The largest absolute Gasteiger partial charge is 0.496 e. The van der Waals surface area contributed by atoms with E-state index >= 15 is 0 Å². The van der Waals surface area contributed by atoms with Crippen LogP contribution in [0.1, 0.15) is 19.8 Å². The summed E-state index contributed by atoms with van der Waals surface area (Å²) in [5.41, 5.74) is 0. The van der Waals surface area contributed by atoms with E-state index in [0.717, 1.165) is 12.8 Å². The highest BCUT2D eigenvalue weighted by Gasteiger charge is 2.30. The number of nitrogens with zero attached hydrogens (tertiary/aromatic N) is 1. The molecule has 0 aliphatic heterocycles. The summed E-state index contributed by atoms with van der Waals surface area (Å²) in [5, 5.41) is 0. The van der Waals surface area contributed by atoms with Crippen LogP contribution in [-0.4, -0.2) is 32.9 Å². The molecule has 0 spiro atoms. The molecule has 0 radical (unpaired) electrons.